The second-order valence-corrected chi connectivity index (χ2v) is 6.94. The van der Waals surface area contributed by atoms with Crippen molar-refractivity contribution in [3.63, 3.8) is 0 Å². The Kier molecular flexibility index (Phi) is 5.32. The Bertz CT molecular complexity index is 836. The normalized spacial score (nSPS) is 12.6. The standard InChI is InChI=1S/C19H21NO6/c1-11-5-10-14(21)16(12-6-8-13(9-7-12)20(24)25)15(11)17(18(22)23)26-19(2,3)4/h5-10,17,21H,1-4H3,(H,22,23). The van der Waals surface area contributed by atoms with E-state index < -0.39 is 22.6 Å². The van der Waals surface area contributed by atoms with E-state index in [0.717, 1.165) is 0 Å². The van der Waals surface area contributed by atoms with Crippen molar-refractivity contribution in [2.75, 3.05) is 0 Å². The number of carboxylic acid groups (broad SMARTS) is 1. The molecule has 7 nitrogen and oxygen atoms in total. The van der Waals surface area contributed by atoms with Crippen molar-refractivity contribution >= 4 is 11.7 Å². The van der Waals surface area contributed by atoms with Gasteiger partial charge in [0, 0.05) is 23.3 Å². The number of carboxylic acids is 1. The number of aliphatic carboxylic acids is 1. The lowest BCUT2D eigenvalue weighted by molar-refractivity contribution is -0.384. The van der Waals surface area contributed by atoms with Crippen molar-refractivity contribution in [2.45, 2.75) is 39.4 Å². The summed E-state index contributed by atoms with van der Waals surface area (Å²) in [5.74, 6) is -1.31. The van der Waals surface area contributed by atoms with Crippen LogP contribution < -0.4 is 0 Å². The summed E-state index contributed by atoms with van der Waals surface area (Å²) in [5.41, 5.74) is 0.887. The van der Waals surface area contributed by atoms with Gasteiger partial charge in [-0.1, -0.05) is 6.07 Å². The summed E-state index contributed by atoms with van der Waals surface area (Å²) < 4.78 is 5.73. The van der Waals surface area contributed by atoms with Crippen molar-refractivity contribution < 1.29 is 24.7 Å². The number of carbonyl (C=O) groups is 1. The van der Waals surface area contributed by atoms with Gasteiger partial charge in [0.25, 0.3) is 5.69 Å². The monoisotopic (exact) mass is 359 g/mol. The minimum absolute atomic E-state index is 0.0943. The molecule has 0 spiro atoms. The number of benzene rings is 2. The fraction of sp³-hybridized carbons (Fsp3) is 0.316. The molecule has 0 saturated heterocycles. The zero-order chi connectivity index (χ0) is 19.6. The van der Waals surface area contributed by atoms with Crippen LogP contribution in [-0.4, -0.2) is 26.7 Å². The lowest BCUT2D eigenvalue weighted by atomic mass is 9.91. The summed E-state index contributed by atoms with van der Waals surface area (Å²) in [6.45, 7) is 6.96. The van der Waals surface area contributed by atoms with Crippen LogP contribution >= 0.6 is 0 Å². The maximum Gasteiger partial charge on any atom is 0.337 e. The molecule has 0 heterocycles. The molecule has 2 aromatic rings. The first kappa shape index (κ1) is 19.4. The predicted octanol–water partition coefficient (Wildman–Crippen LogP) is 4.22. The van der Waals surface area contributed by atoms with E-state index in [1.165, 1.54) is 30.3 Å². The van der Waals surface area contributed by atoms with Gasteiger partial charge in [0.2, 0.25) is 0 Å². The molecular formula is C19H21NO6. The van der Waals surface area contributed by atoms with E-state index in [-0.39, 0.29) is 17.0 Å². The maximum absolute atomic E-state index is 11.9. The number of phenolic OH excluding ortho intramolecular Hbond substituents is 1. The van der Waals surface area contributed by atoms with Crippen molar-refractivity contribution in [1.82, 2.24) is 0 Å². The van der Waals surface area contributed by atoms with Crippen molar-refractivity contribution in [3.05, 3.63) is 57.6 Å². The quantitative estimate of drug-likeness (QED) is 0.611. The van der Waals surface area contributed by atoms with Crippen LogP contribution in [-0.2, 0) is 9.53 Å². The molecule has 1 atom stereocenters. The minimum Gasteiger partial charge on any atom is -0.507 e. The van der Waals surface area contributed by atoms with Crippen LogP contribution in [0.1, 0.15) is 38.0 Å². The SMILES string of the molecule is Cc1ccc(O)c(-c2ccc([N+](=O)[O-])cc2)c1C(OC(C)(C)C)C(=O)O. The van der Waals surface area contributed by atoms with Crippen LogP contribution in [0.5, 0.6) is 5.75 Å². The van der Waals surface area contributed by atoms with E-state index in [1.807, 2.05) is 0 Å². The highest BCUT2D eigenvalue weighted by Gasteiger charge is 2.31. The van der Waals surface area contributed by atoms with Gasteiger partial charge in [-0.2, -0.15) is 0 Å². The molecule has 2 aromatic carbocycles. The third kappa shape index (κ3) is 4.18. The minimum atomic E-state index is -1.30. The Balaban J connectivity index is 2.68. The molecule has 0 saturated carbocycles. The number of aryl methyl sites for hydroxylation is 1. The van der Waals surface area contributed by atoms with E-state index in [0.29, 0.717) is 16.7 Å². The summed E-state index contributed by atoms with van der Waals surface area (Å²) in [7, 11) is 0. The second-order valence-electron chi connectivity index (χ2n) is 6.94. The third-order valence-corrected chi connectivity index (χ3v) is 3.77. The van der Waals surface area contributed by atoms with Crippen LogP contribution in [0.15, 0.2) is 36.4 Å². The van der Waals surface area contributed by atoms with Gasteiger partial charge >= 0.3 is 5.97 Å². The molecular weight excluding hydrogens is 338 g/mol. The molecule has 138 valence electrons. The largest absolute Gasteiger partial charge is 0.507 e. The zero-order valence-corrected chi connectivity index (χ0v) is 15.0. The highest BCUT2D eigenvalue weighted by atomic mass is 16.6. The molecule has 0 aliphatic carbocycles. The predicted molar refractivity (Wildman–Crippen MR) is 96.1 cm³/mol. The van der Waals surface area contributed by atoms with Crippen LogP contribution in [0.2, 0.25) is 0 Å². The smallest absolute Gasteiger partial charge is 0.337 e. The molecule has 0 amide bonds. The molecule has 26 heavy (non-hydrogen) atoms. The van der Waals surface area contributed by atoms with Gasteiger partial charge in [-0.3, -0.25) is 10.1 Å². The van der Waals surface area contributed by atoms with Gasteiger partial charge in [-0.25, -0.2) is 4.79 Å². The summed E-state index contributed by atoms with van der Waals surface area (Å²) in [5, 5.41) is 30.9. The number of phenols is 1. The number of nitro benzene ring substituents is 1. The Morgan fingerprint density at radius 1 is 1.15 bits per heavy atom. The fourth-order valence-corrected chi connectivity index (χ4v) is 2.69. The highest BCUT2D eigenvalue weighted by Crippen LogP contribution is 2.40. The van der Waals surface area contributed by atoms with E-state index in [2.05, 4.69) is 0 Å². The van der Waals surface area contributed by atoms with Gasteiger partial charge in [0.1, 0.15) is 5.75 Å². The Labute approximate surface area is 151 Å². The fourth-order valence-electron chi connectivity index (χ4n) is 2.69. The molecule has 7 heteroatoms. The molecule has 2 rings (SSSR count). The van der Waals surface area contributed by atoms with Crippen LogP contribution in [0.4, 0.5) is 5.69 Å². The van der Waals surface area contributed by atoms with Crippen molar-refractivity contribution in [2.24, 2.45) is 0 Å². The van der Waals surface area contributed by atoms with Gasteiger partial charge in [-0.15, -0.1) is 0 Å². The number of aromatic hydroxyl groups is 1. The molecule has 0 fully saturated rings. The average Bonchev–Trinajstić information content (AvgIpc) is 2.54. The summed E-state index contributed by atoms with van der Waals surface area (Å²) in [6.07, 6.45) is -1.30. The zero-order valence-electron chi connectivity index (χ0n) is 15.0. The number of nitro groups is 1. The van der Waals surface area contributed by atoms with E-state index in [4.69, 9.17) is 4.74 Å². The van der Waals surface area contributed by atoms with Gasteiger partial charge in [0.05, 0.1) is 10.5 Å². The molecule has 0 aliphatic heterocycles. The molecule has 0 aliphatic rings. The lowest BCUT2D eigenvalue weighted by Gasteiger charge is -2.28. The van der Waals surface area contributed by atoms with Crippen molar-refractivity contribution in [1.29, 1.82) is 0 Å². The molecule has 1 unspecified atom stereocenters. The molecule has 0 radical (unpaired) electrons. The Morgan fingerprint density at radius 2 is 1.73 bits per heavy atom. The first-order valence-electron chi connectivity index (χ1n) is 7.99. The first-order valence-corrected chi connectivity index (χ1v) is 7.99. The number of hydrogen-bond acceptors (Lipinski definition) is 5. The van der Waals surface area contributed by atoms with E-state index in [9.17, 15) is 25.1 Å². The number of rotatable bonds is 5. The highest BCUT2D eigenvalue weighted by molar-refractivity contribution is 5.83. The van der Waals surface area contributed by atoms with Crippen LogP contribution in [0, 0.1) is 17.0 Å². The average molecular weight is 359 g/mol. The van der Waals surface area contributed by atoms with Gasteiger partial charge in [0.15, 0.2) is 6.10 Å². The van der Waals surface area contributed by atoms with Gasteiger partial charge < -0.3 is 14.9 Å². The number of nitrogens with zero attached hydrogens (tertiary/aromatic N) is 1. The van der Waals surface area contributed by atoms with Crippen LogP contribution in [0.3, 0.4) is 0 Å². The molecule has 0 bridgehead atoms. The lowest BCUT2D eigenvalue weighted by Crippen LogP contribution is -2.28. The molecule has 2 N–H and O–H groups in total. The Morgan fingerprint density at radius 3 is 2.19 bits per heavy atom. The molecule has 0 aromatic heterocycles. The van der Waals surface area contributed by atoms with Gasteiger partial charge in [-0.05, 0) is 57.0 Å². The number of ether oxygens (including phenoxy) is 1. The first-order chi connectivity index (χ1) is 12.0. The number of non-ortho nitro benzene ring substituents is 1. The van der Waals surface area contributed by atoms with E-state index in [1.54, 1.807) is 33.8 Å². The van der Waals surface area contributed by atoms with E-state index >= 15 is 0 Å². The van der Waals surface area contributed by atoms with Crippen molar-refractivity contribution in [3.8, 4) is 16.9 Å². The summed E-state index contributed by atoms with van der Waals surface area (Å²) >= 11 is 0. The summed E-state index contributed by atoms with van der Waals surface area (Å²) in [4.78, 5) is 22.2. The third-order valence-electron chi connectivity index (χ3n) is 3.77. The van der Waals surface area contributed by atoms with Crippen LogP contribution in [0.25, 0.3) is 11.1 Å². The summed E-state index contributed by atoms with van der Waals surface area (Å²) in [6, 6.07) is 8.65. The topological polar surface area (TPSA) is 110 Å². The second kappa shape index (κ2) is 7.13. The Hall–Kier alpha value is -2.93. The maximum atomic E-state index is 11.9. The number of hydrogen-bond donors (Lipinski definition) is 2.